The molecule has 2 amide bonds. The number of halogens is 1. The van der Waals surface area contributed by atoms with Gasteiger partial charge in [0.25, 0.3) is 0 Å². The molecule has 0 radical (unpaired) electrons. The summed E-state index contributed by atoms with van der Waals surface area (Å²) < 4.78 is 0. The molecule has 4 nitrogen and oxygen atoms in total. The van der Waals surface area contributed by atoms with Crippen LogP contribution >= 0.6 is 11.6 Å². The van der Waals surface area contributed by atoms with Crippen molar-refractivity contribution in [1.82, 2.24) is 15.2 Å². The van der Waals surface area contributed by atoms with Crippen molar-refractivity contribution in [2.45, 2.75) is 51.2 Å². The Morgan fingerprint density at radius 1 is 1.03 bits per heavy atom. The summed E-state index contributed by atoms with van der Waals surface area (Å²) in [6, 6.07) is 20.2. The fourth-order valence-corrected chi connectivity index (χ4v) is 4.27. The maximum Gasteiger partial charge on any atom is 0.318 e. The lowest BCUT2D eigenvalue weighted by molar-refractivity contribution is 0.150. The highest BCUT2D eigenvalue weighted by atomic mass is 35.5. The van der Waals surface area contributed by atoms with Gasteiger partial charge in [-0.25, -0.2) is 9.78 Å². The molecule has 0 aliphatic heterocycles. The third-order valence-corrected chi connectivity index (χ3v) is 5.98. The third-order valence-electron chi connectivity index (χ3n) is 5.65. The van der Waals surface area contributed by atoms with Gasteiger partial charge < -0.3 is 10.2 Å². The number of hydrogen-bond acceptors (Lipinski definition) is 2. The number of nitrogens with zero attached hydrogens (tertiary/aromatic N) is 2. The fraction of sp³-hybridized carbons (Fsp3) is 0.333. The van der Waals surface area contributed by atoms with E-state index in [1.54, 1.807) is 0 Å². The number of fused-ring (bicyclic) bond motifs is 1. The number of para-hydroxylation sites is 1. The van der Waals surface area contributed by atoms with Crippen molar-refractivity contribution in [3.8, 4) is 0 Å². The number of benzene rings is 2. The van der Waals surface area contributed by atoms with Crippen LogP contribution in [0.25, 0.3) is 10.9 Å². The van der Waals surface area contributed by atoms with Gasteiger partial charge in [-0.2, -0.15) is 0 Å². The summed E-state index contributed by atoms with van der Waals surface area (Å²) in [7, 11) is 0. The van der Waals surface area contributed by atoms with Crippen LogP contribution in [-0.2, 0) is 13.1 Å². The molecule has 1 N–H and O–H groups in total. The van der Waals surface area contributed by atoms with E-state index in [9.17, 15) is 4.79 Å². The molecule has 3 aromatic rings. The summed E-state index contributed by atoms with van der Waals surface area (Å²) in [5.41, 5.74) is 2.86. The molecule has 0 bridgehead atoms. The van der Waals surface area contributed by atoms with Crippen molar-refractivity contribution in [3.05, 3.63) is 76.9 Å². The molecule has 0 spiro atoms. The number of pyridine rings is 1. The summed E-state index contributed by atoms with van der Waals surface area (Å²) >= 11 is 6.49. The van der Waals surface area contributed by atoms with Crippen LogP contribution in [-0.4, -0.2) is 22.0 Å². The zero-order chi connectivity index (χ0) is 20.1. The number of carbonyl (C=O) groups excluding carboxylic acids is 1. The molecule has 4 rings (SSSR count). The van der Waals surface area contributed by atoms with Gasteiger partial charge in [-0.15, -0.1) is 0 Å². The first kappa shape index (κ1) is 19.7. The van der Waals surface area contributed by atoms with Gasteiger partial charge in [0.1, 0.15) is 5.15 Å². The van der Waals surface area contributed by atoms with Gasteiger partial charge in [-0.1, -0.05) is 79.4 Å². The van der Waals surface area contributed by atoms with Crippen molar-refractivity contribution in [1.29, 1.82) is 0 Å². The standard InChI is InChI=1S/C24H26ClN3O/c25-23-20(15-19-11-7-8-14-22(19)27-23)17-28(21-12-5-2-6-13-21)24(29)26-16-18-9-3-1-4-10-18/h1,3-4,7-11,14-15,21H,2,5-6,12-13,16-17H2,(H,26,29). The summed E-state index contributed by atoms with van der Waals surface area (Å²) in [6.07, 6.45) is 5.65. The molecule has 1 heterocycles. The van der Waals surface area contributed by atoms with E-state index in [0.29, 0.717) is 18.2 Å². The first-order valence-corrected chi connectivity index (χ1v) is 10.7. The number of nitrogens with one attached hydrogen (secondary N) is 1. The molecule has 1 aliphatic carbocycles. The first-order chi connectivity index (χ1) is 14.2. The first-order valence-electron chi connectivity index (χ1n) is 10.3. The topological polar surface area (TPSA) is 45.2 Å². The largest absolute Gasteiger partial charge is 0.334 e. The summed E-state index contributed by atoms with van der Waals surface area (Å²) in [4.78, 5) is 19.6. The van der Waals surface area contributed by atoms with Gasteiger partial charge in [-0.05, 0) is 30.5 Å². The number of carbonyl (C=O) groups is 1. The summed E-state index contributed by atoms with van der Waals surface area (Å²) in [5.74, 6) is 0. The lowest BCUT2D eigenvalue weighted by atomic mass is 9.94. The van der Waals surface area contributed by atoms with Crippen LogP contribution in [0.2, 0.25) is 5.15 Å². The van der Waals surface area contributed by atoms with Gasteiger partial charge in [0.2, 0.25) is 0 Å². The van der Waals surface area contributed by atoms with Crippen molar-refractivity contribution >= 4 is 28.5 Å². The molecule has 2 aromatic carbocycles. The van der Waals surface area contributed by atoms with Crippen LogP contribution in [0.1, 0.15) is 43.2 Å². The minimum Gasteiger partial charge on any atom is -0.334 e. The van der Waals surface area contributed by atoms with Gasteiger partial charge in [0, 0.05) is 23.5 Å². The van der Waals surface area contributed by atoms with Crippen LogP contribution in [0, 0.1) is 0 Å². The Morgan fingerprint density at radius 3 is 2.55 bits per heavy atom. The highest BCUT2D eigenvalue weighted by molar-refractivity contribution is 6.30. The van der Waals surface area contributed by atoms with E-state index >= 15 is 0 Å². The Hall–Kier alpha value is -2.59. The monoisotopic (exact) mass is 407 g/mol. The van der Waals surface area contributed by atoms with E-state index < -0.39 is 0 Å². The van der Waals surface area contributed by atoms with E-state index in [2.05, 4.69) is 16.4 Å². The Morgan fingerprint density at radius 2 is 1.76 bits per heavy atom. The van der Waals surface area contributed by atoms with E-state index in [1.807, 2.05) is 59.5 Å². The predicted octanol–water partition coefficient (Wildman–Crippen LogP) is 5.93. The lowest BCUT2D eigenvalue weighted by Crippen LogP contribution is -2.46. The number of hydrogen-bond donors (Lipinski definition) is 1. The van der Waals surface area contributed by atoms with E-state index in [1.165, 1.54) is 6.42 Å². The summed E-state index contributed by atoms with van der Waals surface area (Å²) in [6.45, 7) is 0.995. The minimum atomic E-state index is -0.0371. The fourth-order valence-electron chi connectivity index (χ4n) is 4.07. The third kappa shape index (κ3) is 4.88. The lowest BCUT2D eigenvalue weighted by Gasteiger charge is -2.34. The van der Waals surface area contributed by atoms with Crippen molar-refractivity contribution in [2.24, 2.45) is 0 Å². The molecule has 5 heteroatoms. The minimum absolute atomic E-state index is 0.0371. The van der Waals surface area contributed by atoms with Crippen LogP contribution in [0.15, 0.2) is 60.7 Å². The number of rotatable bonds is 5. The summed E-state index contributed by atoms with van der Waals surface area (Å²) in [5, 5.41) is 4.61. The SMILES string of the molecule is O=C(NCc1ccccc1)N(Cc1cc2ccccc2nc1Cl)C1CCCCC1. The molecule has 1 aliphatic rings. The number of amides is 2. The predicted molar refractivity (Wildman–Crippen MR) is 118 cm³/mol. The van der Waals surface area contributed by atoms with Crippen LogP contribution in [0.3, 0.4) is 0 Å². The Labute approximate surface area is 176 Å². The maximum absolute atomic E-state index is 13.1. The van der Waals surface area contributed by atoms with Gasteiger partial charge in [0.15, 0.2) is 0 Å². The van der Waals surface area contributed by atoms with E-state index in [0.717, 1.165) is 47.7 Å². The normalized spacial score (nSPS) is 14.7. The Balaban J connectivity index is 1.55. The van der Waals surface area contributed by atoms with Crippen LogP contribution in [0.4, 0.5) is 4.79 Å². The number of aromatic nitrogens is 1. The van der Waals surface area contributed by atoms with Crippen molar-refractivity contribution in [3.63, 3.8) is 0 Å². The van der Waals surface area contributed by atoms with Gasteiger partial charge in [0.05, 0.1) is 12.1 Å². The van der Waals surface area contributed by atoms with Crippen molar-refractivity contribution < 1.29 is 4.79 Å². The highest BCUT2D eigenvalue weighted by Crippen LogP contribution is 2.27. The molecule has 1 aromatic heterocycles. The average molecular weight is 408 g/mol. The zero-order valence-electron chi connectivity index (χ0n) is 16.5. The quantitative estimate of drug-likeness (QED) is 0.532. The Kier molecular flexibility index (Phi) is 6.30. The Bertz CT molecular complexity index is 970. The molecule has 1 fully saturated rings. The number of urea groups is 1. The van der Waals surface area contributed by atoms with E-state index in [4.69, 9.17) is 11.6 Å². The molecular weight excluding hydrogens is 382 g/mol. The van der Waals surface area contributed by atoms with Crippen LogP contribution in [0.5, 0.6) is 0 Å². The molecule has 29 heavy (non-hydrogen) atoms. The maximum atomic E-state index is 13.1. The molecule has 0 saturated heterocycles. The molecular formula is C24H26ClN3O. The molecule has 0 unspecified atom stereocenters. The average Bonchev–Trinajstić information content (AvgIpc) is 2.77. The second-order valence-electron chi connectivity index (χ2n) is 7.70. The van der Waals surface area contributed by atoms with Gasteiger partial charge in [-0.3, -0.25) is 0 Å². The zero-order valence-corrected chi connectivity index (χ0v) is 17.2. The van der Waals surface area contributed by atoms with Gasteiger partial charge >= 0.3 is 6.03 Å². The molecule has 1 saturated carbocycles. The smallest absolute Gasteiger partial charge is 0.318 e. The van der Waals surface area contributed by atoms with Crippen molar-refractivity contribution in [2.75, 3.05) is 0 Å². The highest BCUT2D eigenvalue weighted by Gasteiger charge is 2.26. The van der Waals surface area contributed by atoms with Crippen LogP contribution < -0.4 is 5.32 Å². The second-order valence-corrected chi connectivity index (χ2v) is 8.05. The second kappa shape index (κ2) is 9.27. The molecule has 0 atom stereocenters. The molecule has 150 valence electrons. The van der Waals surface area contributed by atoms with E-state index in [-0.39, 0.29) is 12.1 Å².